The van der Waals surface area contributed by atoms with Crippen molar-refractivity contribution >= 4 is 27.4 Å². The lowest BCUT2D eigenvalue weighted by Crippen LogP contribution is -2.41. The minimum atomic E-state index is -1.95. The second kappa shape index (κ2) is 15.1. The topological polar surface area (TPSA) is 36.9 Å². The van der Waals surface area contributed by atoms with Crippen molar-refractivity contribution in [1.29, 1.82) is 0 Å². The van der Waals surface area contributed by atoms with E-state index in [1.165, 1.54) is 33.0 Å². The SMILES string of the molecule is CC(C)(C)[Si](C)(C)OCc1cc2cc(COCc3ccccc3)c(COCc3ccccc3)cc2cc1CO[Si](C)(C)C(C)(C)C. The standard InChI is InChI=1S/C40H56O4Si2/c1-39(2,3)45(7,8)43-29-37-23-33-21-35(27-41-25-31-17-13-11-14-18-31)36(28-42-26-32-19-15-12-16-20-32)22-34(33)24-38(37)30-44-46(9,10)40(4,5)6/h11-24H,25-30H2,1-10H3. The smallest absolute Gasteiger partial charge is 0.192 e. The highest BCUT2D eigenvalue weighted by molar-refractivity contribution is 6.74. The molecule has 0 atom stereocenters. The zero-order valence-electron chi connectivity index (χ0n) is 30.0. The summed E-state index contributed by atoms with van der Waals surface area (Å²) >= 11 is 0. The Kier molecular flexibility index (Phi) is 11.9. The van der Waals surface area contributed by atoms with Gasteiger partial charge in [-0.1, -0.05) is 102 Å². The molecule has 0 bridgehead atoms. The molecule has 0 radical (unpaired) electrons. The third-order valence-electron chi connectivity index (χ3n) is 10.0. The Hall–Kier alpha value is -2.59. The van der Waals surface area contributed by atoms with Gasteiger partial charge in [0.25, 0.3) is 0 Å². The predicted molar refractivity (Wildman–Crippen MR) is 198 cm³/mol. The van der Waals surface area contributed by atoms with Crippen molar-refractivity contribution < 1.29 is 18.3 Å². The zero-order chi connectivity index (χ0) is 33.6. The molecule has 0 saturated heterocycles. The lowest BCUT2D eigenvalue weighted by Gasteiger charge is -2.37. The van der Waals surface area contributed by atoms with Crippen LogP contribution >= 0.6 is 0 Å². The first kappa shape index (κ1) is 36.3. The lowest BCUT2D eigenvalue weighted by atomic mass is 9.97. The van der Waals surface area contributed by atoms with Gasteiger partial charge in [0.15, 0.2) is 16.6 Å². The van der Waals surface area contributed by atoms with Crippen molar-refractivity contribution in [2.24, 2.45) is 0 Å². The molecule has 46 heavy (non-hydrogen) atoms. The molecule has 0 aliphatic heterocycles. The Morgan fingerprint density at radius 3 is 1.04 bits per heavy atom. The number of rotatable bonds is 14. The van der Waals surface area contributed by atoms with E-state index in [2.05, 4.69) is 141 Å². The maximum atomic E-state index is 6.78. The lowest BCUT2D eigenvalue weighted by molar-refractivity contribution is 0.0935. The summed E-state index contributed by atoms with van der Waals surface area (Å²) in [6, 6.07) is 29.9. The molecule has 4 rings (SSSR count). The summed E-state index contributed by atoms with van der Waals surface area (Å²) in [7, 11) is -3.90. The van der Waals surface area contributed by atoms with Crippen LogP contribution in [-0.2, 0) is 58.0 Å². The number of benzene rings is 4. The van der Waals surface area contributed by atoms with E-state index in [0.29, 0.717) is 39.6 Å². The summed E-state index contributed by atoms with van der Waals surface area (Å²) in [4.78, 5) is 0. The van der Waals surface area contributed by atoms with E-state index in [1.54, 1.807) is 0 Å². The largest absolute Gasteiger partial charge is 0.413 e. The molecule has 4 aromatic carbocycles. The Morgan fingerprint density at radius 2 is 0.739 bits per heavy atom. The molecule has 0 aliphatic rings. The Bertz CT molecular complexity index is 1430. The second-order valence-electron chi connectivity index (χ2n) is 15.6. The van der Waals surface area contributed by atoms with Crippen molar-refractivity contribution in [3.05, 3.63) is 118 Å². The van der Waals surface area contributed by atoms with Gasteiger partial charge in [-0.2, -0.15) is 0 Å². The number of hydrogen-bond acceptors (Lipinski definition) is 4. The molecule has 0 spiro atoms. The van der Waals surface area contributed by atoms with Crippen molar-refractivity contribution in [3.8, 4) is 0 Å². The summed E-state index contributed by atoms with van der Waals surface area (Å²) in [5.74, 6) is 0. The van der Waals surface area contributed by atoms with Crippen LogP contribution in [0.25, 0.3) is 10.8 Å². The Morgan fingerprint density at radius 1 is 0.435 bits per heavy atom. The highest BCUT2D eigenvalue weighted by atomic mass is 28.4. The van der Waals surface area contributed by atoms with Crippen LogP contribution in [0.2, 0.25) is 36.3 Å². The zero-order valence-corrected chi connectivity index (χ0v) is 32.0. The van der Waals surface area contributed by atoms with Gasteiger partial charge in [-0.3, -0.25) is 0 Å². The highest BCUT2D eigenvalue weighted by Crippen LogP contribution is 2.39. The molecule has 0 unspecified atom stereocenters. The average Bonchev–Trinajstić information content (AvgIpc) is 2.99. The highest BCUT2D eigenvalue weighted by Gasteiger charge is 2.38. The molecule has 0 heterocycles. The third kappa shape index (κ3) is 9.72. The summed E-state index contributed by atoms with van der Waals surface area (Å²) in [5, 5.41) is 2.66. The van der Waals surface area contributed by atoms with Gasteiger partial charge in [0.05, 0.1) is 39.6 Å². The van der Waals surface area contributed by atoms with E-state index in [4.69, 9.17) is 18.3 Å². The van der Waals surface area contributed by atoms with E-state index in [0.717, 1.165) is 11.1 Å². The van der Waals surface area contributed by atoms with Gasteiger partial charge >= 0.3 is 0 Å². The quantitative estimate of drug-likeness (QED) is 0.127. The fourth-order valence-corrected chi connectivity index (χ4v) is 6.63. The molecule has 4 nitrogen and oxygen atoms in total. The molecular weight excluding hydrogens is 601 g/mol. The van der Waals surface area contributed by atoms with Crippen molar-refractivity contribution in [2.75, 3.05) is 0 Å². The summed E-state index contributed by atoms with van der Waals surface area (Å²) in [6.45, 7) is 26.4. The Labute approximate surface area is 280 Å². The summed E-state index contributed by atoms with van der Waals surface area (Å²) in [5.41, 5.74) is 7.06. The fraction of sp³-hybridized carbons (Fsp3) is 0.450. The van der Waals surface area contributed by atoms with E-state index in [9.17, 15) is 0 Å². The van der Waals surface area contributed by atoms with Crippen molar-refractivity contribution in [1.82, 2.24) is 0 Å². The first-order valence-electron chi connectivity index (χ1n) is 16.6. The molecule has 6 heteroatoms. The van der Waals surface area contributed by atoms with Gasteiger partial charge < -0.3 is 18.3 Å². The molecule has 0 saturated carbocycles. The van der Waals surface area contributed by atoms with E-state index < -0.39 is 16.6 Å². The van der Waals surface area contributed by atoms with Crippen molar-refractivity contribution in [3.63, 3.8) is 0 Å². The minimum Gasteiger partial charge on any atom is -0.413 e. The van der Waals surface area contributed by atoms with Crippen LogP contribution < -0.4 is 0 Å². The third-order valence-corrected chi connectivity index (χ3v) is 19.0. The van der Waals surface area contributed by atoms with Crippen LogP contribution in [0.5, 0.6) is 0 Å². The van der Waals surface area contributed by atoms with Crippen LogP contribution in [-0.4, -0.2) is 16.6 Å². The minimum absolute atomic E-state index is 0.138. The number of hydrogen-bond donors (Lipinski definition) is 0. The normalized spacial score (nSPS) is 13.0. The number of fused-ring (bicyclic) bond motifs is 1. The number of ether oxygens (including phenoxy) is 2. The van der Waals surface area contributed by atoms with Crippen molar-refractivity contribution in [2.45, 2.75) is 117 Å². The maximum Gasteiger partial charge on any atom is 0.192 e. The average molecular weight is 657 g/mol. The first-order chi connectivity index (χ1) is 21.6. The van der Waals surface area contributed by atoms with Crippen LogP contribution in [0.1, 0.15) is 74.9 Å². The van der Waals surface area contributed by atoms with Gasteiger partial charge in [0, 0.05) is 0 Å². The Balaban J connectivity index is 1.68. The molecule has 0 aliphatic carbocycles. The van der Waals surface area contributed by atoms with Crippen LogP contribution in [0, 0.1) is 0 Å². The van der Waals surface area contributed by atoms with Gasteiger partial charge in [0.1, 0.15) is 0 Å². The van der Waals surface area contributed by atoms with Crippen LogP contribution in [0.4, 0.5) is 0 Å². The summed E-state index contributed by atoms with van der Waals surface area (Å²) in [6.07, 6.45) is 0. The van der Waals surface area contributed by atoms with Gasteiger partial charge in [0.2, 0.25) is 0 Å². The second-order valence-corrected chi connectivity index (χ2v) is 25.3. The monoisotopic (exact) mass is 656 g/mol. The van der Waals surface area contributed by atoms with E-state index in [1.807, 2.05) is 12.1 Å². The predicted octanol–water partition coefficient (Wildman–Crippen LogP) is 11.3. The summed E-state index contributed by atoms with van der Waals surface area (Å²) < 4.78 is 26.1. The molecule has 0 N–H and O–H groups in total. The van der Waals surface area contributed by atoms with Gasteiger partial charge in [-0.25, -0.2) is 0 Å². The molecule has 4 aromatic rings. The van der Waals surface area contributed by atoms with Crippen LogP contribution in [0.15, 0.2) is 84.9 Å². The van der Waals surface area contributed by atoms with E-state index >= 15 is 0 Å². The molecular formula is C40H56O4Si2. The molecule has 0 amide bonds. The molecule has 0 fully saturated rings. The fourth-order valence-electron chi connectivity index (χ4n) is 4.73. The van der Waals surface area contributed by atoms with Gasteiger partial charge in [-0.05, 0) is 105 Å². The molecule has 248 valence electrons. The van der Waals surface area contributed by atoms with Gasteiger partial charge in [-0.15, -0.1) is 0 Å². The molecule has 0 aromatic heterocycles. The maximum absolute atomic E-state index is 6.78. The van der Waals surface area contributed by atoms with E-state index in [-0.39, 0.29) is 10.1 Å². The first-order valence-corrected chi connectivity index (χ1v) is 22.5. The van der Waals surface area contributed by atoms with Crippen LogP contribution in [0.3, 0.4) is 0 Å².